The van der Waals surface area contributed by atoms with Gasteiger partial charge in [0.25, 0.3) is 5.56 Å². The Morgan fingerprint density at radius 1 is 1.18 bits per heavy atom. The third-order valence-electron chi connectivity index (χ3n) is 6.83. The van der Waals surface area contributed by atoms with Gasteiger partial charge in [-0.2, -0.15) is 13.2 Å². The molecule has 0 radical (unpaired) electrons. The first kappa shape index (κ1) is 25.9. The Morgan fingerprint density at radius 2 is 1.98 bits per heavy atom. The number of hydrogen-bond acceptors (Lipinski definition) is 8. The molecule has 12 heteroatoms. The molecule has 2 aromatic heterocycles. The lowest BCUT2D eigenvalue weighted by atomic mass is 9.81. The molecule has 4 aromatic rings. The number of rotatable bonds is 5. The minimum absolute atomic E-state index is 0.0461. The van der Waals surface area contributed by atoms with Gasteiger partial charge < -0.3 is 18.6 Å². The van der Waals surface area contributed by atoms with Crippen LogP contribution in [0, 0.1) is 5.92 Å². The lowest BCUT2D eigenvalue weighted by Crippen LogP contribution is -2.58. The molecule has 0 amide bonds. The summed E-state index contributed by atoms with van der Waals surface area (Å²) in [6.45, 7) is 1.58. The number of furan rings is 1. The third-order valence-corrected chi connectivity index (χ3v) is 7.82. The average molecular weight is 571 g/mol. The second-order valence-electron chi connectivity index (χ2n) is 9.44. The number of nitrogens with zero attached hydrogens (tertiary/aromatic N) is 2. The predicted molar refractivity (Wildman–Crippen MR) is 137 cm³/mol. The first-order chi connectivity index (χ1) is 19.1. The number of para-hydroxylation sites is 1. The Hall–Kier alpha value is -4.32. The number of alkyl halides is 3. The van der Waals surface area contributed by atoms with Crippen LogP contribution in [0.25, 0.3) is 6.08 Å². The second kappa shape index (κ2) is 9.40. The monoisotopic (exact) mass is 570 g/mol. The van der Waals surface area contributed by atoms with Gasteiger partial charge >= 0.3 is 12.1 Å². The molecule has 206 valence electrons. The number of thiazole rings is 1. The van der Waals surface area contributed by atoms with Crippen LogP contribution < -0.4 is 24.4 Å². The minimum Gasteiger partial charge on any atom is -0.486 e. The fourth-order valence-electron chi connectivity index (χ4n) is 5.03. The minimum atomic E-state index is -4.48. The van der Waals surface area contributed by atoms with Crippen molar-refractivity contribution in [2.45, 2.75) is 31.5 Å². The molecule has 0 N–H and O–H groups in total. The van der Waals surface area contributed by atoms with E-state index in [0.29, 0.717) is 32.2 Å². The largest absolute Gasteiger partial charge is 0.486 e. The summed E-state index contributed by atoms with van der Waals surface area (Å²) in [4.78, 5) is 31.6. The van der Waals surface area contributed by atoms with Crippen molar-refractivity contribution in [3.63, 3.8) is 0 Å². The number of hydrogen-bond donors (Lipinski definition) is 0. The molecule has 0 fully saturated rings. The predicted octanol–water partition coefficient (Wildman–Crippen LogP) is 4.05. The zero-order valence-corrected chi connectivity index (χ0v) is 21.9. The molecule has 0 spiro atoms. The van der Waals surface area contributed by atoms with Crippen LogP contribution in [0.5, 0.6) is 11.5 Å². The normalized spacial score (nSPS) is 21.6. The lowest BCUT2D eigenvalue weighted by Gasteiger charge is -2.44. The summed E-state index contributed by atoms with van der Waals surface area (Å²) in [6.07, 6.45) is -2.93. The van der Waals surface area contributed by atoms with Crippen LogP contribution >= 0.6 is 11.3 Å². The molecule has 8 nitrogen and oxygen atoms in total. The molecule has 2 aliphatic heterocycles. The fourth-order valence-corrected chi connectivity index (χ4v) is 6.11. The molecule has 2 aliphatic rings. The van der Waals surface area contributed by atoms with Gasteiger partial charge in [0, 0.05) is 11.6 Å². The van der Waals surface area contributed by atoms with E-state index >= 15 is 0 Å². The van der Waals surface area contributed by atoms with E-state index in [4.69, 9.17) is 18.6 Å². The van der Waals surface area contributed by atoms with Gasteiger partial charge in [-0.25, -0.2) is 4.99 Å². The van der Waals surface area contributed by atoms with E-state index in [1.165, 1.54) is 23.8 Å². The third kappa shape index (κ3) is 4.37. The molecule has 2 bridgehead atoms. The molecule has 6 rings (SSSR count). The van der Waals surface area contributed by atoms with E-state index in [1.54, 1.807) is 49.4 Å². The van der Waals surface area contributed by atoms with Gasteiger partial charge in [-0.15, -0.1) is 0 Å². The summed E-state index contributed by atoms with van der Waals surface area (Å²) in [5, 5.41) is 0. The summed E-state index contributed by atoms with van der Waals surface area (Å²) in [6, 6.07) is 14.3. The highest BCUT2D eigenvalue weighted by atomic mass is 32.1. The van der Waals surface area contributed by atoms with E-state index in [1.807, 2.05) is 0 Å². The van der Waals surface area contributed by atoms with Crippen LogP contribution in [0.1, 0.15) is 35.6 Å². The summed E-state index contributed by atoms with van der Waals surface area (Å²) >= 11 is 1.13. The molecule has 2 aromatic carbocycles. The molecule has 0 saturated heterocycles. The van der Waals surface area contributed by atoms with Crippen LogP contribution in [0.15, 0.2) is 74.9 Å². The number of fused-ring (bicyclic) bond motifs is 6. The summed E-state index contributed by atoms with van der Waals surface area (Å²) in [5.74, 6) is -0.158. The van der Waals surface area contributed by atoms with Gasteiger partial charge in [0.1, 0.15) is 35.5 Å². The first-order valence-corrected chi connectivity index (χ1v) is 13.0. The van der Waals surface area contributed by atoms with E-state index < -0.39 is 35.4 Å². The summed E-state index contributed by atoms with van der Waals surface area (Å²) < 4.78 is 63.2. The maximum absolute atomic E-state index is 13.7. The van der Waals surface area contributed by atoms with E-state index in [-0.39, 0.29) is 17.9 Å². The molecule has 40 heavy (non-hydrogen) atoms. The Kier molecular flexibility index (Phi) is 6.10. The standard InChI is InChI=1S/C28H21F3N2O6S/c1-27-22(25(35)36-2)23(19-8-3-4-9-20(19)39-27)33-24(34)21(40-26(33)32-27)13-17-10-11-18(38-17)14-37-16-7-5-6-15(12-16)28(29,30)31/h3-13,22-23H,14H2,1-2H3/b21-13+/t22-,23-,27+/m1/s1. The van der Waals surface area contributed by atoms with E-state index in [2.05, 4.69) is 4.99 Å². The molecule has 3 atom stereocenters. The summed E-state index contributed by atoms with van der Waals surface area (Å²) in [5.41, 5.74) is -1.78. The number of esters is 1. The molecular weight excluding hydrogens is 549 g/mol. The average Bonchev–Trinajstić information content (AvgIpc) is 3.49. The highest BCUT2D eigenvalue weighted by Gasteiger charge is 2.55. The Bertz CT molecular complexity index is 1810. The molecule has 0 aliphatic carbocycles. The van der Waals surface area contributed by atoms with Crippen molar-refractivity contribution < 1.29 is 36.6 Å². The highest BCUT2D eigenvalue weighted by Crippen LogP contribution is 2.47. The SMILES string of the molecule is COC(=O)[C@H]1[C@H]2c3ccccc3O[C@]1(C)N=c1s/c(=C/c3ccc(COc4cccc(C(F)(F)F)c4)o3)c(=O)n12. The number of carbonyl (C=O) groups is 1. The Labute approximate surface area is 228 Å². The van der Waals surface area contributed by atoms with Crippen molar-refractivity contribution in [1.29, 1.82) is 0 Å². The number of aromatic nitrogens is 1. The highest BCUT2D eigenvalue weighted by molar-refractivity contribution is 7.07. The van der Waals surface area contributed by atoms with Gasteiger partial charge in [-0.3, -0.25) is 14.2 Å². The van der Waals surface area contributed by atoms with Gasteiger partial charge in [0.2, 0.25) is 5.72 Å². The van der Waals surface area contributed by atoms with Gasteiger partial charge in [0.05, 0.1) is 23.2 Å². The van der Waals surface area contributed by atoms with Gasteiger partial charge in [-0.1, -0.05) is 35.6 Å². The quantitative estimate of drug-likeness (QED) is 0.337. The molecule has 0 unspecified atom stereocenters. The summed E-state index contributed by atoms with van der Waals surface area (Å²) in [7, 11) is 1.28. The van der Waals surface area contributed by atoms with E-state index in [0.717, 1.165) is 23.5 Å². The van der Waals surface area contributed by atoms with E-state index in [9.17, 15) is 22.8 Å². The molecule has 4 heterocycles. The second-order valence-corrected chi connectivity index (χ2v) is 10.4. The van der Waals surface area contributed by atoms with Crippen LogP contribution in [0.4, 0.5) is 13.2 Å². The fraction of sp³-hybridized carbons (Fsp3) is 0.250. The van der Waals surface area contributed by atoms with Crippen molar-refractivity contribution in [2.24, 2.45) is 10.9 Å². The topological polar surface area (TPSA) is 92.3 Å². The lowest BCUT2D eigenvalue weighted by molar-refractivity contribution is -0.158. The van der Waals surface area contributed by atoms with Crippen LogP contribution in [0.2, 0.25) is 0 Å². The molecule has 0 saturated carbocycles. The maximum atomic E-state index is 13.7. The number of benzene rings is 2. The van der Waals surface area contributed by atoms with Crippen LogP contribution in [-0.4, -0.2) is 23.4 Å². The van der Waals surface area contributed by atoms with Gasteiger partial charge in [-0.05, 0) is 43.3 Å². The first-order valence-electron chi connectivity index (χ1n) is 12.1. The van der Waals surface area contributed by atoms with Crippen LogP contribution in [0.3, 0.4) is 0 Å². The number of halogens is 3. The van der Waals surface area contributed by atoms with Crippen molar-refractivity contribution in [3.8, 4) is 11.5 Å². The number of ether oxygens (including phenoxy) is 3. The Morgan fingerprint density at radius 3 is 2.75 bits per heavy atom. The van der Waals surface area contributed by atoms with Crippen molar-refractivity contribution >= 4 is 23.4 Å². The zero-order chi connectivity index (χ0) is 28.2. The number of carbonyl (C=O) groups excluding carboxylic acids is 1. The number of methoxy groups -OCH3 is 1. The zero-order valence-electron chi connectivity index (χ0n) is 21.1. The van der Waals surface area contributed by atoms with Gasteiger partial charge in [0.15, 0.2) is 4.80 Å². The smallest absolute Gasteiger partial charge is 0.416 e. The van der Waals surface area contributed by atoms with Crippen molar-refractivity contribution in [1.82, 2.24) is 4.57 Å². The molecular formula is C28H21F3N2O6S. The maximum Gasteiger partial charge on any atom is 0.416 e. The van der Waals surface area contributed by atoms with Crippen molar-refractivity contribution in [3.05, 3.63) is 103 Å². The van der Waals surface area contributed by atoms with Crippen molar-refractivity contribution in [2.75, 3.05) is 7.11 Å². The Balaban J connectivity index is 1.33. The van der Waals surface area contributed by atoms with Crippen LogP contribution in [-0.2, 0) is 22.3 Å².